The van der Waals surface area contributed by atoms with Crippen molar-refractivity contribution in [3.63, 3.8) is 0 Å². The minimum absolute atomic E-state index is 0.107. The Balaban J connectivity index is 3.44. The molecule has 0 aromatic heterocycles. The van der Waals surface area contributed by atoms with Crippen molar-refractivity contribution >= 4 is 5.97 Å². The number of carboxylic acids is 1. The first-order chi connectivity index (χ1) is 12.7. The summed E-state index contributed by atoms with van der Waals surface area (Å²) in [4.78, 5) is 11.3. The minimum Gasteiger partial charge on any atom is -0.481 e. The minimum atomic E-state index is -0.584. The van der Waals surface area contributed by atoms with Crippen molar-refractivity contribution in [3.8, 4) is 0 Å². The molecule has 0 bridgehead atoms. The van der Waals surface area contributed by atoms with Crippen molar-refractivity contribution in [2.24, 2.45) is 5.92 Å². The van der Waals surface area contributed by atoms with E-state index in [4.69, 9.17) is 0 Å². The fourth-order valence-electron chi connectivity index (χ4n) is 3.49. The molecule has 0 saturated carbocycles. The van der Waals surface area contributed by atoms with Crippen LogP contribution < -0.4 is 0 Å². The number of aliphatic carboxylic acids is 1. The van der Waals surface area contributed by atoms with Gasteiger partial charge in [-0.3, -0.25) is 4.79 Å². The highest BCUT2D eigenvalue weighted by molar-refractivity contribution is 5.69. The van der Waals surface area contributed by atoms with E-state index in [1.54, 1.807) is 0 Å². The standard InChI is InChI=1S/C24H46O2/c1-3-5-7-9-10-11-12-13-14-15-16-17-18-20-22-23(24(25)26)21-19-8-6-4-2/h13-14,23H,3-12,15-22H2,1-2H3,(H,25,26)/b14-13-. The highest BCUT2D eigenvalue weighted by atomic mass is 16.4. The van der Waals surface area contributed by atoms with Crippen molar-refractivity contribution in [3.05, 3.63) is 12.2 Å². The summed E-state index contributed by atoms with van der Waals surface area (Å²) in [6.07, 6.45) is 26.6. The van der Waals surface area contributed by atoms with Gasteiger partial charge in [0.2, 0.25) is 0 Å². The topological polar surface area (TPSA) is 37.3 Å². The maximum Gasteiger partial charge on any atom is 0.306 e. The molecule has 154 valence electrons. The van der Waals surface area contributed by atoms with E-state index < -0.39 is 5.97 Å². The van der Waals surface area contributed by atoms with Crippen molar-refractivity contribution in [1.29, 1.82) is 0 Å². The molecule has 0 aliphatic carbocycles. The predicted octanol–water partition coefficient (Wildman–Crippen LogP) is 8.31. The molecule has 0 spiro atoms. The smallest absolute Gasteiger partial charge is 0.306 e. The summed E-state index contributed by atoms with van der Waals surface area (Å²) in [5.41, 5.74) is 0. The molecule has 0 heterocycles. The zero-order chi connectivity index (χ0) is 19.3. The van der Waals surface area contributed by atoms with E-state index in [-0.39, 0.29) is 5.92 Å². The third-order valence-corrected chi connectivity index (χ3v) is 5.32. The van der Waals surface area contributed by atoms with Gasteiger partial charge in [0.05, 0.1) is 5.92 Å². The Kier molecular flexibility index (Phi) is 19.9. The van der Waals surface area contributed by atoms with Crippen LogP contribution in [0.25, 0.3) is 0 Å². The number of carboxylic acid groups (broad SMARTS) is 1. The summed E-state index contributed by atoms with van der Waals surface area (Å²) < 4.78 is 0. The maximum atomic E-state index is 11.3. The first kappa shape index (κ1) is 25.2. The summed E-state index contributed by atoms with van der Waals surface area (Å²) in [6, 6.07) is 0. The van der Waals surface area contributed by atoms with Crippen LogP contribution in [0, 0.1) is 5.92 Å². The molecular formula is C24H46O2. The molecule has 2 heteroatoms. The van der Waals surface area contributed by atoms with E-state index in [0.29, 0.717) is 0 Å². The van der Waals surface area contributed by atoms with Crippen LogP contribution in [0.4, 0.5) is 0 Å². The molecule has 1 atom stereocenters. The summed E-state index contributed by atoms with van der Waals surface area (Å²) >= 11 is 0. The largest absolute Gasteiger partial charge is 0.481 e. The van der Waals surface area contributed by atoms with Crippen LogP contribution in [-0.2, 0) is 4.79 Å². The molecule has 1 N–H and O–H groups in total. The molecule has 26 heavy (non-hydrogen) atoms. The molecule has 0 saturated heterocycles. The molecule has 0 radical (unpaired) electrons. The Morgan fingerprint density at radius 1 is 0.654 bits per heavy atom. The number of allylic oxidation sites excluding steroid dienone is 2. The van der Waals surface area contributed by atoms with Crippen LogP contribution in [0.15, 0.2) is 12.2 Å². The average Bonchev–Trinajstić information content (AvgIpc) is 2.63. The van der Waals surface area contributed by atoms with Gasteiger partial charge in [0.25, 0.3) is 0 Å². The van der Waals surface area contributed by atoms with Gasteiger partial charge < -0.3 is 5.11 Å². The van der Waals surface area contributed by atoms with Crippen LogP contribution in [0.1, 0.15) is 129 Å². The highest BCUT2D eigenvalue weighted by Crippen LogP contribution is 2.19. The first-order valence-electron chi connectivity index (χ1n) is 11.6. The SMILES string of the molecule is CCCCCCCC/C=C\CCCCCCC(CCCCCC)C(=O)O. The lowest BCUT2D eigenvalue weighted by Gasteiger charge is -2.11. The van der Waals surface area contributed by atoms with Crippen LogP contribution in [0.5, 0.6) is 0 Å². The normalized spacial score (nSPS) is 12.7. The lowest BCUT2D eigenvalue weighted by Crippen LogP contribution is -2.13. The van der Waals surface area contributed by atoms with Crippen molar-refractivity contribution in [2.45, 2.75) is 129 Å². The summed E-state index contributed by atoms with van der Waals surface area (Å²) in [7, 11) is 0. The van der Waals surface area contributed by atoms with Gasteiger partial charge in [-0.2, -0.15) is 0 Å². The zero-order valence-corrected chi connectivity index (χ0v) is 17.8. The molecule has 0 amide bonds. The van der Waals surface area contributed by atoms with E-state index in [2.05, 4.69) is 26.0 Å². The second-order valence-electron chi connectivity index (χ2n) is 7.90. The zero-order valence-electron chi connectivity index (χ0n) is 17.8. The van der Waals surface area contributed by atoms with Crippen molar-refractivity contribution in [2.75, 3.05) is 0 Å². The third kappa shape index (κ3) is 18.0. The van der Waals surface area contributed by atoms with Gasteiger partial charge in [0.15, 0.2) is 0 Å². The third-order valence-electron chi connectivity index (χ3n) is 5.32. The Hall–Kier alpha value is -0.790. The molecule has 0 fully saturated rings. The fraction of sp³-hybridized carbons (Fsp3) is 0.875. The second kappa shape index (κ2) is 20.5. The number of hydrogen-bond donors (Lipinski definition) is 1. The summed E-state index contributed by atoms with van der Waals surface area (Å²) in [6.45, 7) is 4.46. The van der Waals surface area contributed by atoms with Crippen LogP contribution in [0.3, 0.4) is 0 Å². The van der Waals surface area contributed by atoms with E-state index >= 15 is 0 Å². The van der Waals surface area contributed by atoms with Gasteiger partial charge >= 0.3 is 5.97 Å². The van der Waals surface area contributed by atoms with E-state index in [9.17, 15) is 9.90 Å². The van der Waals surface area contributed by atoms with E-state index in [1.165, 1.54) is 89.9 Å². The molecule has 0 aromatic rings. The highest BCUT2D eigenvalue weighted by Gasteiger charge is 2.15. The summed E-state index contributed by atoms with van der Waals surface area (Å²) in [5.74, 6) is -0.691. The fourth-order valence-corrected chi connectivity index (χ4v) is 3.49. The van der Waals surface area contributed by atoms with Gasteiger partial charge in [0.1, 0.15) is 0 Å². The Morgan fingerprint density at radius 2 is 1.04 bits per heavy atom. The lowest BCUT2D eigenvalue weighted by molar-refractivity contribution is -0.142. The molecule has 1 unspecified atom stereocenters. The van der Waals surface area contributed by atoms with Gasteiger partial charge in [-0.05, 0) is 38.5 Å². The molecular weight excluding hydrogens is 320 g/mol. The van der Waals surface area contributed by atoms with Crippen molar-refractivity contribution in [1.82, 2.24) is 0 Å². The molecule has 0 rings (SSSR count). The molecule has 2 nitrogen and oxygen atoms in total. The van der Waals surface area contributed by atoms with E-state index in [0.717, 1.165) is 25.7 Å². The number of carbonyl (C=O) groups is 1. The van der Waals surface area contributed by atoms with Gasteiger partial charge in [-0.25, -0.2) is 0 Å². The van der Waals surface area contributed by atoms with Crippen LogP contribution >= 0.6 is 0 Å². The van der Waals surface area contributed by atoms with Gasteiger partial charge in [-0.1, -0.05) is 103 Å². The van der Waals surface area contributed by atoms with E-state index in [1.807, 2.05) is 0 Å². The molecule has 0 aliphatic heterocycles. The Labute approximate surface area is 163 Å². The van der Waals surface area contributed by atoms with Crippen LogP contribution in [-0.4, -0.2) is 11.1 Å². The molecule has 0 aliphatic rings. The predicted molar refractivity (Wildman–Crippen MR) is 115 cm³/mol. The van der Waals surface area contributed by atoms with Crippen molar-refractivity contribution < 1.29 is 9.90 Å². The Morgan fingerprint density at radius 3 is 1.50 bits per heavy atom. The van der Waals surface area contributed by atoms with Gasteiger partial charge in [0, 0.05) is 0 Å². The van der Waals surface area contributed by atoms with Crippen LogP contribution in [0.2, 0.25) is 0 Å². The second-order valence-corrected chi connectivity index (χ2v) is 7.90. The Bertz CT molecular complexity index is 322. The summed E-state index contributed by atoms with van der Waals surface area (Å²) in [5, 5.41) is 9.32. The average molecular weight is 367 g/mol. The maximum absolute atomic E-state index is 11.3. The first-order valence-corrected chi connectivity index (χ1v) is 11.6. The quantitative estimate of drug-likeness (QED) is 0.174. The van der Waals surface area contributed by atoms with Gasteiger partial charge in [-0.15, -0.1) is 0 Å². The monoisotopic (exact) mass is 366 g/mol. The lowest BCUT2D eigenvalue weighted by atomic mass is 9.94. The number of rotatable bonds is 20. The molecule has 0 aromatic carbocycles. The number of unbranched alkanes of at least 4 members (excludes halogenated alkanes) is 13. The number of hydrogen-bond acceptors (Lipinski definition) is 1.